The SMILES string of the molecule is O=C1NCC2(CCN(CCCc3ccccc3)CC2)O1. The van der Waals surface area contributed by atoms with E-state index in [-0.39, 0.29) is 11.7 Å². The van der Waals surface area contributed by atoms with Gasteiger partial charge in [0.25, 0.3) is 0 Å². The number of amides is 1. The highest BCUT2D eigenvalue weighted by molar-refractivity contribution is 5.70. The number of ether oxygens (including phenoxy) is 1. The Morgan fingerprint density at radius 2 is 1.95 bits per heavy atom. The van der Waals surface area contributed by atoms with Crippen LogP contribution in [0.2, 0.25) is 0 Å². The average molecular weight is 274 g/mol. The Hall–Kier alpha value is -1.55. The number of hydrogen-bond donors (Lipinski definition) is 1. The first-order valence-electron chi connectivity index (χ1n) is 7.49. The number of aryl methyl sites for hydroxylation is 1. The van der Waals surface area contributed by atoms with Crippen LogP contribution in [0.4, 0.5) is 4.79 Å². The van der Waals surface area contributed by atoms with Gasteiger partial charge in [-0.3, -0.25) is 0 Å². The fourth-order valence-corrected chi connectivity index (χ4v) is 3.12. The number of nitrogens with zero attached hydrogens (tertiary/aromatic N) is 1. The fraction of sp³-hybridized carbons (Fsp3) is 0.562. The van der Waals surface area contributed by atoms with E-state index >= 15 is 0 Å². The van der Waals surface area contributed by atoms with Gasteiger partial charge in [0.15, 0.2) is 0 Å². The molecule has 3 rings (SSSR count). The summed E-state index contributed by atoms with van der Waals surface area (Å²) in [5.74, 6) is 0. The number of carbonyl (C=O) groups excluding carboxylic acids is 1. The second kappa shape index (κ2) is 5.83. The van der Waals surface area contributed by atoms with Gasteiger partial charge in [-0.25, -0.2) is 4.79 Å². The summed E-state index contributed by atoms with van der Waals surface area (Å²) in [6.45, 7) is 3.88. The van der Waals surface area contributed by atoms with Gasteiger partial charge in [0.05, 0.1) is 6.54 Å². The van der Waals surface area contributed by atoms with E-state index in [2.05, 4.69) is 40.5 Å². The van der Waals surface area contributed by atoms with Crippen LogP contribution in [-0.4, -0.2) is 42.8 Å². The summed E-state index contributed by atoms with van der Waals surface area (Å²) < 4.78 is 5.44. The van der Waals surface area contributed by atoms with E-state index < -0.39 is 0 Å². The molecule has 0 atom stereocenters. The number of rotatable bonds is 4. The molecule has 4 nitrogen and oxygen atoms in total. The van der Waals surface area contributed by atoms with Crippen LogP contribution < -0.4 is 5.32 Å². The summed E-state index contributed by atoms with van der Waals surface area (Å²) in [5, 5.41) is 2.78. The van der Waals surface area contributed by atoms with Crippen molar-refractivity contribution in [1.29, 1.82) is 0 Å². The van der Waals surface area contributed by atoms with Crippen LogP contribution in [0.5, 0.6) is 0 Å². The van der Waals surface area contributed by atoms with Crippen molar-refractivity contribution in [1.82, 2.24) is 10.2 Å². The minimum atomic E-state index is -0.248. The van der Waals surface area contributed by atoms with Gasteiger partial charge < -0.3 is 15.0 Å². The molecule has 0 aliphatic carbocycles. The van der Waals surface area contributed by atoms with Crippen LogP contribution in [0.25, 0.3) is 0 Å². The maximum atomic E-state index is 11.2. The molecule has 2 fully saturated rings. The molecule has 2 aliphatic heterocycles. The molecule has 108 valence electrons. The average Bonchev–Trinajstić information content (AvgIpc) is 2.84. The molecule has 2 aliphatic rings. The third kappa shape index (κ3) is 3.12. The third-order valence-electron chi connectivity index (χ3n) is 4.41. The summed E-state index contributed by atoms with van der Waals surface area (Å²) in [5.41, 5.74) is 1.20. The van der Waals surface area contributed by atoms with Crippen LogP contribution in [0.1, 0.15) is 24.8 Å². The second-order valence-corrected chi connectivity index (χ2v) is 5.86. The number of likely N-dealkylation sites (tertiary alicyclic amines) is 1. The Morgan fingerprint density at radius 3 is 2.60 bits per heavy atom. The number of hydrogen-bond acceptors (Lipinski definition) is 3. The standard InChI is InChI=1S/C16H22N2O2/c19-15-17-13-16(20-15)8-11-18(12-9-16)10-4-7-14-5-2-1-3-6-14/h1-3,5-6H,4,7-13H2,(H,17,19). The summed E-state index contributed by atoms with van der Waals surface area (Å²) in [7, 11) is 0. The van der Waals surface area contributed by atoms with Crippen molar-refractivity contribution in [3.63, 3.8) is 0 Å². The van der Waals surface area contributed by atoms with Crippen molar-refractivity contribution in [3.8, 4) is 0 Å². The van der Waals surface area contributed by atoms with E-state index in [1.165, 1.54) is 12.0 Å². The molecule has 1 aromatic carbocycles. The lowest BCUT2D eigenvalue weighted by atomic mass is 9.91. The van der Waals surface area contributed by atoms with Gasteiger partial charge in [0.1, 0.15) is 5.60 Å². The second-order valence-electron chi connectivity index (χ2n) is 5.86. The van der Waals surface area contributed by atoms with Gasteiger partial charge in [0, 0.05) is 25.9 Å². The van der Waals surface area contributed by atoms with Gasteiger partial charge in [-0.1, -0.05) is 30.3 Å². The van der Waals surface area contributed by atoms with E-state index in [0.717, 1.165) is 38.9 Å². The highest BCUT2D eigenvalue weighted by Gasteiger charge is 2.42. The zero-order valence-electron chi connectivity index (χ0n) is 11.8. The summed E-state index contributed by atoms with van der Waals surface area (Å²) >= 11 is 0. The maximum absolute atomic E-state index is 11.2. The molecule has 1 spiro atoms. The van der Waals surface area contributed by atoms with Crippen LogP contribution in [0, 0.1) is 0 Å². The molecular formula is C16H22N2O2. The van der Waals surface area contributed by atoms with Crippen molar-refractivity contribution in [3.05, 3.63) is 35.9 Å². The summed E-state index contributed by atoms with van der Waals surface area (Å²) in [6, 6.07) is 10.6. The third-order valence-corrected chi connectivity index (χ3v) is 4.41. The Morgan fingerprint density at radius 1 is 1.20 bits per heavy atom. The molecule has 4 heteroatoms. The minimum Gasteiger partial charge on any atom is -0.441 e. The van der Waals surface area contributed by atoms with Crippen molar-refractivity contribution in [2.75, 3.05) is 26.2 Å². The smallest absolute Gasteiger partial charge is 0.407 e. The van der Waals surface area contributed by atoms with Crippen molar-refractivity contribution in [2.24, 2.45) is 0 Å². The Labute approximate surface area is 120 Å². The Kier molecular flexibility index (Phi) is 3.92. The molecule has 20 heavy (non-hydrogen) atoms. The molecule has 1 amide bonds. The van der Waals surface area contributed by atoms with Crippen molar-refractivity contribution < 1.29 is 9.53 Å². The molecule has 2 saturated heterocycles. The van der Waals surface area contributed by atoms with Crippen LogP contribution in [0.15, 0.2) is 30.3 Å². The first-order valence-corrected chi connectivity index (χ1v) is 7.49. The minimum absolute atomic E-state index is 0.215. The van der Waals surface area contributed by atoms with Gasteiger partial charge in [-0.15, -0.1) is 0 Å². The summed E-state index contributed by atoms with van der Waals surface area (Å²) in [4.78, 5) is 13.7. The molecule has 0 radical (unpaired) electrons. The van der Waals surface area contributed by atoms with Gasteiger partial charge in [-0.2, -0.15) is 0 Å². The molecular weight excluding hydrogens is 252 g/mol. The first-order chi connectivity index (χ1) is 9.76. The normalized spacial score (nSPS) is 21.7. The quantitative estimate of drug-likeness (QED) is 0.915. The van der Waals surface area contributed by atoms with Gasteiger partial charge >= 0.3 is 6.09 Å². The van der Waals surface area contributed by atoms with E-state index in [1.807, 2.05) is 0 Å². The molecule has 0 saturated carbocycles. The molecule has 0 unspecified atom stereocenters. The Balaban J connectivity index is 1.40. The largest absolute Gasteiger partial charge is 0.441 e. The zero-order chi connectivity index (χ0) is 13.8. The zero-order valence-corrected chi connectivity index (χ0v) is 11.8. The van der Waals surface area contributed by atoms with E-state index in [9.17, 15) is 4.79 Å². The summed E-state index contributed by atoms with van der Waals surface area (Å²) in [6.07, 6.45) is 3.99. The predicted octanol–water partition coefficient (Wildman–Crippen LogP) is 2.19. The predicted molar refractivity (Wildman–Crippen MR) is 77.7 cm³/mol. The van der Waals surface area contributed by atoms with E-state index in [4.69, 9.17) is 4.74 Å². The lowest BCUT2D eigenvalue weighted by Crippen LogP contribution is -2.46. The van der Waals surface area contributed by atoms with Crippen LogP contribution in [0.3, 0.4) is 0 Å². The molecule has 0 bridgehead atoms. The van der Waals surface area contributed by atoms with Crippen molar-refractivity contribution in [2.45, 2.75) is 31.3 Å². The number of piperidine rings is 1. The maximum Gasteiger partial charge on any atom is 0.407 e. The lowest BCUT2D eigenvalue weighted by molar-refractivity contribution is 0.000769. The number of nitrogens with one attached hydrogen (secondary N) is 1. The number of benzene rings is 1. The van der Waals surface area contributed by atoms with Gasteiger partial charge in [0.2, 0.25) is 0 Å². The monoisotopic (exact) mass is 274 g/mol. The molecule has 2 heterocycles. The number of carbonyl (C=O) groups is 1. The molecule has 1 aromatic rings. The highest BCUT2D eigenvalue weighted by atomic mass is 16.6. The number of alkyl carbamates (subject to hydrolysis) is 1. The molecule has 1 N–H and O–H groups in total. The van der Waals surface area contributed by atoms with Crippen LogP contribution in [-0.2, 0) is 11.2 Å². The van der Waals surface area contributed by atoms with E-state index in [0.29, 0.717) is 6.54 Å². The molecule has 0 aromatic heterocycles. The fourth-order valence-electron chi connectivity index (χ4n) is 3.12. The van der Waals surface area contributed by atoms with Crippen LogP contribution >= 0.6 is 0 Å². The topological polar surface area (TPSA) is 41.6 Å². The Bertz CT molecular complexity index is 453. The lowest BCUT2D eigenvalue weighted by Gasteiger charge is -2.37. The van der Waals surface area contributed by atoms with E-state index in [1.54, 1.807) is 0 Å². The van der Waals surface area contributed by atoms with Crippen molar-refractivity contribution >= 4 is 6.09 Å². The first kappa shape index (κ1) is 13.4. The van der Waals surface area contributed by atoms with Gasteiger partial charge in [-0.05, 0) is 24.9 Å². The highest BCUT2D eigenvalue weighted by Crippen LogP contribution is 2.29.